The molecule has 0 amide bonds. The number of hydrogen-bond donors (Lipinski definition) is 0. The fourth-order valence-electron chi connectivity index (χ4n) is 4.07. The van der Waals surface area contributed by atoms with E-state index in [4.69, 9.17) is 4.98 Å². The monoisotopic (exact) mass is 326 g/mol. The lowest BCUT2D eigenvalue weighted by atomic mass is 10.0. The van der Waals surface area contributed by atoms with E-state index in [1.165, 1.54) is 39.2 Å². The lowest BCUT2D eigenvalue weighted by molar-refractivity contribution is -0.659. The van der Waals surface area contributed by atoms with Gasteiger partial charge in [0.05, 0.1) is 16.8 Å². The van der Waals surface area contributed by atoms with Crippen LogP contribution >= 0.6 is 0 Å². The first-order valence-electron chi connectivity index (χ1n) is 8.69. The molecular formula is C22H20N3+. The zero-order valence-electron chi connectivity index (χ0n) is 14.7. The van der Waals surface area contributed by atoms with Crippen molar-refractivity contribution >= 4 is 11.0 Å². The number of rotatable bonds is 1. The predicted octanol–water partition coefficient (Wildman–Crippen LogP) is 4.04. The van der Waals surface area contributed by atoms with Crippen molar-refractivity contribution in [2.45, 2.75) is 20.3 Å². The summed E-state index contributed by atoms with van der Waals surface area (Å²) in [4.78, 5) is 5.05. The first-order chi connectivity index (χ1) is 12.1. The Balaban J connectivity index is 1.84. The van der Waals surface area contributed by atoms with Crippen molar-refractivity contribution in [1.29, 1.82) is 0 Å². The van der Waals surface area contributed by atoms with Gasteiger partial charge in [0.1, 0.15) is 12.9 Å². The highest BCUT2D eigenvalue weighted by molar-refractivity contribution is 5.91. The number of pyridine rings is 1. The molecule has 0 fully saturated rings. The predicted molar refractivity (Wildman–Crippen MR) is 100.0 cm³/mol. The maximum absolute atomic E-state index is 5.05. The molecular weight excluding hydrogens is 306 g/mol. The fraction of sp³-hybridized carbons (Fsp3) is 0.182. The van der Waals surface area contributed by atoms with Crippen molar-refractivity contribution in [2.24, 2.45) is 7.05 Å². The summed E-state index contributed by atoms with van der Waals surface area (Å²) >= 11 is 0. The van der Waals surface area contributed by atoms with E-state index >= 15 is 0 Å². The average Bonchev–Trinajstić information content (AvgIpc) is 3.11. The van der Waals surface area contributed by atoms with Gasteiger partial charge in [0.25, 0.3) is 0 Å². The number of aryl methyl sites for hydroxylation is 3. The molecule has 3 heteroatoms. The van der Waals surface area contributed by atoms with Gasteiger partial charge in [0.15, 0.2) is 11.7 Å². The molecule has 2 aromatic carbocycles. The van der Waals surface area contributed by atoms with Crippen LogP contribution in [0.2, 0.25) is 0 Å². The van der Waals surface area contributed by atoms with Crippen molar-refractivity contribution in [3.05, 3.63) is 77.2 Å². The van der Waals surface area contributed by atoms with E-state index in [0.717, 1.165) is 17.8 Å². The molecule has 4 aromatic rings. The summed E-state index contributed by atoms with van der Waals surface area (Å²) in [6.07, 6.45) is 3.05. The van der Waals surface area contributed by atoms with E-state index < -0.39 is 0 Å². The van der Waals surface area contributed by atoms with E-state index in [1.807, 2.05) is 0 Å². The SMILES string of the molecule is Cc1ccc(-c2c3nc4n(c3cc[n+]2C)-c2ccccc2C4)c(C)c1. The van der Waals surface area contributed by atoms with Crippen LogP contribution in [0, 0.1) is 13.8 Å². The van der Waals surface area contributed by atoms with Crippen molar-refractivity contribution < 1.29 is 4.57 Å². The highest BCUT2D eigenvalue weighted by Crippen LogP contribution is 2.35. The third-order valence-corrected chi connectivity index (χ3v) is 5.23. The second-order valence-electron chi connectivity index (χ2n) is 7.00. The summed E-state index contributed by atoms with van der Waals surface area (Å²) in [5.41, 5.74) is 9.91. The number of nitrogens with zero attached hydrogens (tertiary/aromatic N) is 3. The minimum absolute atomic E-state index is 0.904. The van der Waals surface area contributed by atoms with Gasteiger partial charge in [-0.2, -0.15) is 4.57 Å². The highest BCUT2D eigenvalue weighted by atomic mass is 15.1. The van der Waals surface area contributed by atoms with Crippen LogP contribution in [0.15, 0.2) is 54.7 Å². The largest absolute Gasteiger partial charge is 0.295 e. The standard InChI is InChI=1S/C22H20N3/c1-14-8-9-17(15(2)12-14)22-21-19(10-11-24(22)3)25-18-7-5-4-6-16(18)13-20(25)23-21/h4-12H,13H2,1-3H3/q+1. The normalized spacial score (nSPS) is 12.4. The molecule has 0 N–H and O–H groups in total. The molecule has 122 valence electrons. The summed E-state index contributed by atoms with van der Waals surface area (Å²) in [5.74, 6) is 1.13. The highest BCUT2D eigenvalue weighted by Gasteiger charge is 2.27. The Hall–Kier alpha value is -2.94. The van der Waals surface area contributed by atoms with Gasteiger partial charge < -0.3 is 0 Å². The minimum Gasteiger partial charge on any atom is -0.295 e. The molecule has 0 atom stereocenters. The van der Waals surface area contributed by atoms with Gasteiger partial charge in [-0.25, -0.2) is 4.98 Å². The van der Waals surface area contributed by atoms with Gasteiger partial charge in [0, 0.05) is 12.5 Å². The first-order valence-corrected chi connectivity index (χ1v) is 8.69. The van der Waals surface area contributed by atoms with Crippen LogP contribution in [0.25, 0.3) is 28.0 Å². The third-order valence-electron chi connectivity index (χ3n) is 5.23. The van der Waals surface area contributed by atoms with Crippen LogP contribution in [-0.2, 0) is 13.5 Å². The zero-order chi connectivity index (χ0) is 17.1. The second-order valence-corrected chi connectivity index (χ2v) is 7.00. The number of hydrogen-bond acceptors (Lipinski definition) is 1. The molecule has 5 rings (SSSR count). The number of benzene rings is 2. The number of fused-ring (bicyclic) bond motifs is 5. The lowest BCUT2D eigenvalue weighted by Crippen LogP contribution is -2.31. The topological polar surface area (TPSA) is 21.7 Å². The van der Waals surface area contributed by atoms with Crippen molar-refractivity contribution in [3.8, 4) is 16.9 Å². The Morgan fingerprint density at radius 3 is 2.72 bits per heavy atom. The van der Waals surface area contributed by atoms with Gasteiger partial charge in [0.2, 0.25) is 5.69 Å². The molecule has 0 aliphatic carbocycles. The molecule has 25 heavy (non-hydrogen) atoms. The van der Waals surface area contributed by atoms with E-state index in [1.54, 1.807) is 0 Å². The summed E-state index contributed by atoms with van der Waals surface area (Å²) in [5, 5.41) is 0. The third kappa shape index (κ3) is 1.99. The molecule has 1 aliphatic heterocycles. The van der Waals surface area contributed by atoms with Crippen molar-refractivity contribution in [1.82, 2.24) is 9.55 Å². The van der Waals surface area contributed by atoms with Crippen LogP contribution in [0.4, 0.5) is 0 Å². The molecule has 3 heterocycles. The maximum atomic E-state index is 5.05. The second kappa shape index (κ2) is 5.03. The Morgan fingerprint density at radius 2 is 1.88 bits per heavy atom. The average molecular weight is 326 g/mol. The van der Waals surface area contributed by atoms with E-state index in [0.29, 0.717) is 0 Å². The quantitative estimate of drug-likeness (QED) is 0.426. The summed E-state index contributed by atoms with van der Waals surface area (Å²) in [6.45, 7) is 4.32. The van der Waals surface area contributed by atoms with E-state index in [2.05, 4.69) is 84.8 Å². The minimum atomic E-state index is 0.904. The van der Waals surface area contributed by atoms with E-state index in [9.17, 15) is 0 Å². The summed E-state index contributed by atoms with van der Waals surface area (Å²) < 4.78 is 4.51. The molecule has 0 saturated carbocycles. The van der Waals surface area contributed by atoms with Gasteiger partial charge >= 0.3 is 0 Å². The maximum Gasteiger partial charge on any atom is 0.240 e. The Morgan fingerprint density at radius 1 is 1.04 bits per heavy atom. The van der Waals surface area contributed by atoms with Crippen LogP contribution in [0.3, 0.4) is 0 Å². The number of imidazole rings is 1. The zero-order valence-corrected chi connectivity index (χ0v) is 14.7. The Kier molecular flexibility index (Phi) is 2.90. The molecule has 3 nitrogen and oxygen atoms in total. The van der Waals surface area contributed by atoms with Crippen LogP contribution in [-0.4, -0.2) is 9.55 Å². The van der Waals surface area contributed by atoms with E-state index in [-0.39, 0.29) is 0 Å². The summed E-state index contributed by atoms with van der Waals surface area (Å²) in [7, 11) is 2.10. The van der Waals surface area contributed by atoms with Gasteiger partial charge in [-0.15, -0.1) is 0 Å². The molecule has 2 aromatic heterocycles. The van der Waals surface area contributed by atoms with Crippen molar-refractivity contribution in [2.75, 3.05) is 0 Å². The number of para-hydroxylation sites is 1. The van der Waals surface area contributed by atoms with Crippen LogP contribution in [0.1, 0.15) is 22.5 Å². The first kappa shape index (κ1) is 14.4. The molecule has 0 unspecified atom stereocenters. The molecule has 0 spiro atoms. The Labute approximate surface area is 147 Å². The summed E-state index contributed by atoms with van der Waals surface area (Å²) in [6, 6.07) is 17.4. The molecule has 0 radical (unpaired) electrons. The van der Waals surface area contributed by atoms with Crippen LogP contribution < -0.4 is 4.57 Å². The van der Waals surface area contributed by atoms with Crippen LogP contribution in [0.5, 0.6) is 0 Å². The molecule has 0 bridgehead atoms. The fourth-order valence-corrected chi connectivity index (χ4v) is 4.07. The molecule has 0 saturated heterocycles. The number of aromatic nitrogens is 3. The van der Waals surface area contributed by atoms with Gasteiger partial charge in [-0.1, -0.05) is 35.9 Å². The van der Waals surface area contributed by atoms with Gasteiger partial charge in [-0.3, -0.25) is 4.57 Å². The van der Waals surface area contributed by atoms with Crippen molar-refractivity contribution in [3.63, 3.8) is 0 Å². The Bertz CT molecular complexity index is 1150. The van der Waals surface area contributed by atoms with Gasteiger partial charge in [-0.05, 0) is 37.1 Å². The molecule has 1 aliphatic rings. The lowest BCUT2D eigenvalue weighted by Gasteiger charge is -2.07. The smallest absolute Gasteiger partial charge is 0.240 e.